The zero-order valence-corrected chi connectivity index (χ0v) is 14.2. The molecule has 0 N–H and O–H groups in total. The number of hydrogen-bond acceptors (Lipinski definition) is 3. The number of pyridine rings is 1. The number of carbonyl (C=O) groups is 2. The number of hydrogen-bond donors (Lipinski definition) is 0. The molecule has 0 atom stereocenters. The largest absolute Gasteiger partial charge is 0.312 e. The molecule has 1 aromatic rings. The van der Waals surface area contributed by atoms with E-state index in [9.17, 15) is 14.4 Å². The first kappa shape index (κ1) is 16.7. The van der Waals surface area contributed by atoms with Crippen LogP contribution in [0.4, 0.5) is 0 Å². The Balaban J connectivity index is 2.62. The lowest BCUT2D eigenvalue weighted by Gasteiger charge is -2.22. The molecular weight excluding hydrogens is 278 g/mol. The summed E-state index contributed by atoms with van der Waals surface area (Å²) in [5.41, 5.74) is 2.62. The van der Waals surface area contributed by atoms with Crippen molar-refractivity contribution < 1.29 is 9.59 Å². The summed E-state index contributed by atoms with van der Waals surface area (Å²) in [4.78, 5) is 36.9. The zero-order valence-electron chi connectivity index (χ0n) is 14.2. The summed E-state index contributed by atoms with van der Waals surface area (Å²) in [6.45, 7) is 9.52. The molecule has 0 fully saturated rings. The van der Waals surface area contributed by atoms with Crippen molar-refractivity contribution in [2.45, 2.75) is 66.8 Å². The topological polar surface area (TPSA) is 56.1 Å². The quantitative estimate of drug-likeness (QED) is 0.785. The highest BCUT2D eigenvalue weighted by molar-refractivity contribution is 6.06. The molecule has 0 unspecified atom stereocenters. The summed E-state index contributed by atoms with van der Waals surface area (Å²) >= 11 is 0. The Morgan fingerprint density at radius 3 is 2.14 bits per heavy atom. The van der Waals surface area contributed by atoms with Gasteiger partial charge in [0.25, 0.3) is 5.56 Å². The van der Waals surface area contributed by atoms with E-state index >= 15 is 0 Å². The van der Waals surface area contributed by atoms with Crippen molar-refractivity contribution in [3.05, 3.63) is 32.7 Å². The van der Waals surface area contributed by atoms with Gasteiger partial charge in [-0.25, -0.2) is 0 Å². The van der Waals surface area contributed by atoms with Crippen molar-refractivity contribution in [1.82, 2.24) is 4.57 Å². The van der Waals surface area contributed by atoms with Gasteiger partial charge in [-0.2, -0.15) is 0 Å². The van der Waals surface area contributed by atoms with E-state index in [1.165, 1.54) is 13.8 Å². The Morgan fingerprint density at radius 1 is 1.09 bits per heavy atom. The van der Waals surface area contributed by atoms with Crippen LogP contribution < -0.4 is 5.56 Å². The lowest BCUT2D eigenvalue weighted by Crippen LogP contribution is -2.37. The summed E-state index contributed by atoms with van der Waals surface area (Å²) in [6, 6.07) is 0. The lowest BCUT2D eigenvalue weighted by molar-refractivity contribution is -0.137. The van der Waals surface area contributed by atoms with Gasteiger partial charge in [0.1, 0.15) is 11.6 Å². The molecule has 1 aliphatic rings. The van der Waals surface area contributed by atoms with Crippen LogP contribution in [0.15, 0.2) is 4.79 Å². The van der Waals surface area contributed by atoms with Gasteiger partial charge in [-0.1, -0.05) is 13.3 Å². The van der Waals surface area contributed by atoms with Crippen LogP contribution in [0.1, 0.15) is 56.0 Å². The average Bonchev–Trinajstić information content (AvgIpc) is 2.87. The first-order chi connectivity index (χ1) is 10.3. The predicted octanol–water partition coefficient (Wildman–Crippen LogP) is 2.53. The second-order valence-corrected chi connectivity index (χ2v) is 6.53. The van der Waals surface area contributed by atoms with Gasteiger partial charge >= 0.3 is 0 Å². The number of fused-ring (bicyclic) bond motifs is 1. The summed E-state index contributed by atoms with van der Waals surface area (Å²) in [5, 5.41) is 0. The maximum atomic E-state index is 12.6. The maximum Gasteiger partial charge on any atom is 0.253 e. The first-order valence-electron chi connectivity index (χ1n) is 8.00. The normalized spacial score (nSPS) is 15.7. The SMILES string of the molecule is CCCCn1c(C)c2c(c(C)c1=O)CC(C(C)=O)(C(C)=O)C2. The average molecular weight is 303 g/mol. The number of Topliss-reactive ketones (excluding diaryl/α,β-unsaturated/α-hetero) is 2. The van der Waals surface area contributed by atoms with Gasteiger partial charge < -0.3 is 4.57 Å². The van der Waals surface area contributed by atoms with E-state index in [4.69, 9.17) is 0 Å². The Hall–Kier alpha value is -1.71. The van der Waals surface area contributed by atoms with Gasteiger partial charge in [-0.3, -0.25) is 14.4 Å². The van der Waals surface area contributed by atoms with Crippen LogP contribution in [0, 0.1) is 19.3 Å². The molecule has 1 aliphatic carbocycles. The molecule has 0 aliphatic heterocycles. The third-order valence-electron chi connectivity index (χ3n) is 5.26. The van der Waals surface area contributed by atoms with E-state index < -0.39 is 5.41 Å². The fraction of sp³-hybridized carbons (Fsp3) is 0.611. The van der Waals surface area contributed by atoms with Gasteiger partial charge in [-0.05, 0) is 58.1 Å². The van der Waals surface area contributed by atoms with Crippen LogP contribution in [0.25, 0.3) is 0 Å². The minimum absolute atomic E-state index is 0.0209. The standard InChI is InChI=1S/C18H25NO3/c1-6-7-8-19-12(3)16-10-18(13(4)20,14(5)21)9-15(16)11(2)17(19)22/h6-10H2,1-5H3. The Morgan fingerprint density at radius 2 is 1.64 bits per heavy atom. The fourth-order valence-corrected chi connectivity index (χ4v) is 3.56. The molecule has 0 saturated carbocycles. The van der Waals surface area contributed by atoms with Crippen LogP contribution in [-0.2, 0) is 29.0 Å². The Kier molecular flexibility index (Phi) is 4.41. The molecule has 0 aromatic carbocycles. The van der Waals surface area contributed by atoms with Crippen LogP contribution >= 0.6 is 0 Å². The number of ketones is 2. The van der Waals surface area contributed by atoms with Crippen molar-refractivity contribution in [2.75, 3.05) is 0 Å². The summed E-state index contributed by atoms with van der Waals surface area (Å²) < 4.78 is 1.81. The molecule has 0 spiro atoms. The van der Waals surface area contributed by atoms with Gasteiger partial charge in [0, 0.05) is 17.8 Å². The van der Waals surface area contributed by atoms with E-state index in [0.717, 1.165) is 29.7 Å². The highest BCUT2D eigenvalue weighted by Crippen LogP contribution is 2.40. The summed E-state index contributed by atoms with van der Waals surface area (Å²) in [7, 11) is 0. The van der Waals surface area contributed by atoms with E-state index in [-0.39, 0.29) is 17.1 Å². The minimum atomic E-state index is -0.964. The van der Waals surface area contributed by atoms with E-state index in [1.807, 2.05) is 18.4 Å². The smallest absolute Gasteiger partial charge is 0.253 e. The number of rotatable bonds is 5. The van der Waals surface area contributed by atoms with Crippen molar-refractivity contribution in [3.8, 4) is 0 Å². The Labute approximate surface area is 131 Å². The molecular formula is C18H25NO3. The predicted molar refractivity (Wildman–Crippen MR) is 86.3 cm³/mol. The zero-order chi connectivity index (χ0) is 16.7. The molecule has 1 heterocycles. The number of unbranched alkanes of at least 4 members (excludes halogenated alkanes) is 1. The third-order valence-corrected chi connectivity index (χ3v) is 5.26. The lowest BCUT2D eigenvalue weighted by atomic mass is 9.77. The molecule has 0 saturated heterocycles. The second-order valence-electron chi connectivity index (χ2n) is 6.53. The van der Waals surface area contributed by atoms with Crippen molar-refractivity contribution in [1.29, 1.82) is 0 Å². The molecule has 0 amide bonds. The first-order valence-corrected chi connectivity index (χ1v) is 8.00. The van der Waals surface area contributed by atoms with Crippen LogP contribution in [-0.4, -0.2) is 16.1 Å². The number of aromatic nitrogens is 1. The molecule has 0 bridgehead atoms. The molecule has 4 nitrogen and oxygen atoms in total. The van der Waals surface area contributed by atoms with E-state index in [1.54, 1.807) is 0 Å². The van der Waals surface area contributed by atoms with E-state index in [0.29, 0.717) is 24.9 Å². The van der Waals surface area contributed by atoms with Crippen LogP contribution in [0.2, 0.25) is 0 Å². The molecule has 1 aromatic heterocycles. The maximum absolute atomic E-state index is 12.6. The van der Waals surface area contributed by atoms with E-state index in [2.05, 4.69) is 6.92 Å². The summed E-state index contributed by atoms with van der Waals surface area (Å²) in [6.07, 6.45) is 2.78. The van der Waals surface area contributed by atoms with Crippen molar-refractivity contribution in [2.24, 2.45) is 5.41 Å². The molecule has 22 heavy (non-hydrogen) atoms. The third kappa shape index (κ3) is 2.34. The number of nitrogens with zero attached hydrogens (tertiary/aromatic N) is 1. The fourth-order valence-electron chi connectivity index (χ4n) is 3.56. The Bertz CT molecular complexity index is 683. The van der Waals surface area contributed by atoms with Crippen molar-refractivity contribution >= 4 is 11.6 Å². The monoisotopic (exact) mass is 303 g/mol. The van der Waals surface area contributed by atoms with Crippen molar-refractivity contribution in [3.63, 3.8) is 0 Å². The summed E-state index contributed by atoms with van der Waals surface area (Å²) in [5.74, 6) is -0.190. The van der Waals surface area contributed by atoms with Crippen LogP contribution in [0.3, 0.4) is 0 Å². The van der Waals surface area contributed by atoms with Gasteiger partial charge in [0.15, 0.2) is 0 Å². The molecule has 4 heteroatoms. The van der Waals surface area contributed by atoms with Crippen LogP contribution in [0.5, 0.6) is 0 Å². The molecule has 120 valence electrons. The van der Waals surface area contributed by atoms with Gasteiger partial charge in [0.05, 0.1) is 5.41 Å². The highest BCUT2D eigenvalue weighted by atomic mass is 16.2. The molecule has 2 rings (SSSR count). The second kappa shape index (κ2) is 5.82. The minimum Gasteiger partial charge on any atom is -0.312 e. The molecule has 0 radical (unpaired) electrons. The van der Waals surface area contributed by atoms with Gasteiger partial charge in [0.2, 0.25) is 0 Å². The van der Waals surface area contributed by atoms with Gasteiger partial charge in [-0.15, -0.1) is 0 Å². The number of carbonyl (C=O) groups excluding carboxylic acids is 2. The highest BCUT2D eigenvalue weighted by Gasteiger charge is 2.47.